The number of carbonyl (C=O) groups is 2. The van der Waals surface area contributed by atoms with Gasteiger partial charge in [0.1, 0.15) is 5.82 Å². The van der Waals surface area contributed by atoms with Crippen molar-refractivity contribution < 1.29 is 18.7 Å². The van der Waals surface area contributed by atoms with Crippen molar-refractivity contribution in [1.29, 1.82) is 0 Å². The predicted octanol–water partition coefficient (Wildman–Crippen LogP) is 5.57. The van der Waals surface area contributed by atoms with Crippen LogP contribution in [0.2, 0.25) is 10.0 Å². The van der Waals surface area contributed by atoms with Crippen molar-refractivity contribution in [2.75, 3.05) is 51.3 Å². The predicted molar refractivity (Wildman–Crippen MR) is 153 cm³/mol. The Bertz CT molecular complexity index is 1230. The van der Waals surface area contributed by atoms with Crippen molar-refractivity contribution in [3.05, 3.63) is 99.8 Å². The molecule has 5 rings (SSSR count). The molecule has 9 heteroatoms. The second kappa shape index (κ2) is 13.8. The number of hydrogen-bond donors (Lipinski definition) is 0. The number of rotatable bonds is 5. The number of benzene rings is 3. The fourth-order valence-corrected chi connectivity index (χ4v) is 4.88. The number of hydrogen-bond acceptors (Lipinski definition) is 4. The van der Waals surface area contributed by atoms with Crippen LogP contribution in [0.25, 0.3) is 0 Å². The van der Waals surface area contributed by atoms with Gasteiger partial charge in [-0.05, 0) is 60.5 Å². The second-order valence-corrected chi connectivity index (χ2v) is 10.4. The van der Waals surface area contributed by atoms with Crippen molar-refractivity contribution in [1.82, 2.24) is 9.80 Å². The third-order valence-corrected chi connectivity index (χ3v) is 7.73. The monoisotopic (exact) mass is 571 g/mol. The highest BCUT2D eigenvalue weighted by Crippen LogP contribution is 2.22. The minimum absolute atomic E-state index is 0.00425. The summed E-state index contributed by atoms with van der Waals surface area (Å²) in [6.45, 7) is 4.32. The van der Waals surface area contributed by atoms with Crippen LogP contribution in [0.15, 0.2) is 72.8 Å². The Labute approximate surface area is 238 Å². The number of likely N-dealkylation sites (N-methyl/N-ethyl adjacent to an activating group) is 1. The molecule has 0 saturated carbocycles. The molecule has 0 aromatic heterocycles. The van der Waals surface area contributed by atoms with E-state index in [1.807, 2.05) is 41.3 Å². The van der Waals surface area contributed by atoms with E-state index in [9.17, 15) is 14.0 Å². The number of carbonyl (C=O) groups excluding carboxylic acids is 2. The Morgan fingerprint density at radius 3 is 2.13 bits per heavy atom. The van der Waals surface area contributed by atoms with Crippen LogP contribution in [-0.4, -0.2) is 74.1 Å². The van der Waals surface area contributed by atoms with Gasteiger partial charge in [0.25, 0.3) is 5.91 Å². The van der Waals surface area contributed by atoms with Gasteiger partial charge in [0.2, 0.25) is 5.91 Å². The van der Waals surface area contributed by atoms with E-state index in [1.165, 1.54) is 12.1 Å². The lowest BCUT2D eigenvalue weighted by Crippen LogP contribution is -2.40. The molecule has 0 aliphatic carbocycles. The molecule has 0 spiro atoms. The molecule has 6 nitrogen and oxygen atoms in total. The Kier molecular flexibility index (Phi) is 10.2. The molecule has 1 atom stereocenters. The first-order valence-electron chi connectivity index (χ1n) is 12.9. The van der Waals surface area contributed by atoms with Crippen LogP contribution < -0.4 is 4.90 Å². The highest BCUT2D eigenvalue weighted by Gasteiger charge is 2.31. The number of morpholine rings is 1. The molecule has 3 aromatic rings. The highest BCUT2D eigenvalue weighted by atomic mass is 35.5. The number of ether oxygens (including phenoxy) is 1. The Morgan fingerprint density at radius 2 is 1.54 bits per heavy atom. The summed E-state index contributed by atoms with van der Waals surface area (Å²) in [5.74, 6) is -0.344. The minimum Gasteiger partial charge on any atom is -0.378 e. The number of amides is 2. The van der Waals surface area contributed by atoms with E-state index in [-0.39, 0.29) is 30.1 Å². The molecule has 0 N–H and O–H groups in total. The van der Waals surface area contributed by atoms with Crippen LogP contribution in [0.1, 0.15) is 22.3 Å². The fraction of sp³-hybridized carbons (Fsp3) is 0.333. The van der Waals surface area contributed by atoms with Crippen LogP contribution >= 0.6 is 23.2 Å². The van der Waals surface area contributed by atoms with Crippen LogP contribution in [-0.2, 0) is 16.0 Å². The lowest BCUT2D eigenvalue weighted by Gasteiger charge is -2.29. The summed E-state index contributed by atoms with van der Waals surface area (Å²) >= 11 is 11.2. The van der Waals surface area contributed by atoms with E-state index < -0.39 is 0 Å². The maximum Gasteiger partial charge on any atom is 0.253 e. The van der Waals surface area contributed by atoms with Crippen LogP contribution in [0.3, 0.4) is 0 Å². The molecule has 3 aromatic carbocycles. The van der Waals surface area contributed by atoms with Gasteiger partial charge in [-0.15, -0.1) is 0 Å². The molecular weight excluding hydrogens is 540 g/mol. The van der Waals surface area contributed by atoms with E-state index in [0.29, 0.717) is 28.7 Å². The van der Waals surface area contributed by atoms with Crippen molar-refractivity contribution in [3.8, 4) is 0 Å². The molecule has 2 aliphatic rings. The minimum atomic E-state index is -0.313. The Morgan fingerprint density at radius 1 is 0.923 bits per heavy atom. The number of nitrogens with zero attached hydrogens (tertiary/aromatic N) is 3. The van der Waals surface area contributed by atoms with Gasteiger partial charge < -0.3 is 19.4 Å². The molecule has 206 valence electrons. The molecule has 0 radical (unpaired) electrons. The SMILES string of the molecule is CN(C(=O)Cc1ccc(F)cc1)C1CCN(C(=O)c2ccc(N3CCOCC3)cc2)C1.Clc1ccccc1Cl. The molecule has 0 bridgehead atoms. The van der Waals surface area contributed by atoms with Gasteiger partial charge in [-0.2, -0.15) is 0 Å². The summed E-state index contributed by atoms with van der Waals surface area (Å²) in [7, 11) is 1.78. The largest absolute Gasteiger partial charge is 0.378 e. The first-order chi connectivity index (χ1) is 18.8. The van der Waals surface area contributed by atoms with Gasteiger partial charge in [-0.1, -0.05) is 47.5 Å². The lowest BCUT2D eigenvalue weighted by molar-refractivity contribution is -0.131. The van der Waals surface area contributed by atoms with Gasteiger partial charge in [0.05, 0.1) is 35.7 Å². The topological polar surface area (TPSA) is 53.1 Å². The number of likely N-dealkylation sites (tertiary alicyclic amines) is 1. The summed E-state index contributed by atoms with van der Waals surface area (Å²) in [6, 6.07) is 20.9. The quantitative estimate of drug-likeness (QED) is 0.401. The molecule has 39 heavy (non-hydrogen) atoms. The van der Waals surface area contributed by atoms with Crippen molar-refractivity contribution in [2.24, 2.45) is 0 Å². The van der Waals surface area contributed by atoms with Crippen LogP contribution in [0.5, 0.6) is 0 Å². The zero-order chi connectivity index (χ0) is 27.8. The average molecular weight is 573 g/mol. The summed E-state index contributed by atoms with van der Waals surface area (Å²) in [5, 5.41) is 1.21. The first kappa shape index (κ1) is 28.9. The van der Waals surface area contributed by atoms with Crippen molar-refractivity contribution in [3.63, 3.8) is 0 Å². The summed E-state index contributed by atoms with van der Waals surface area (Å²) in [4.78, 5) is 31.4. The average Bonchev–Trinajstić information content (AvgIpc) is 3.46. The van der Waals surface area contributed by atoms with E-state index in [2.05, 4.69) is 4.90 Å². The maximum absolute atomic E-state index is 13.1. The van der Waals surface area contributed by atoms with Gasteiger partial charge in [0.15, 0.2) is 0 Å². The molecule has 1 unspecified atom stereocenters. The molecule has 2 heterocycles. The van der Waals surface area contributed by atoms with Gasteiger partial charge in [-0.3, -0.25) is 9.59 Å². The summed E-state index contributed by atoms with van der Waals surface area (Å²) < 4.78 is 18.5. The van der Waals surface area contributed by atoms with Crippen LogP contribution in [0.4, 0.5) is 10.1 Å². The molecule has 2 saturated heterocycles. The van der Waals surface area contributed by atoms with Crippen molar-refractivity contribution >= 4 is 40.7 Å². The smallest absolute Gasteiger partial charge is 0.253 e. The van der Waals surface area contributed by atoms with Gasteiger partial charge in [-0.25, -0.2) is 4.39 Å². The van der Waals surface area contributed by atoms with E-state index in [4.69, 9.17) is 27.9 Å². The van der Waals surface area contributed by atoms with Crippen molar-refractivity contribution in [2.45, 2.75) is 18.9 Å². The normalized spacial score (nSPS) is 16.9. The first-order valence-corrected chi connectivity index (χ1v) is 13.7. The number of halogens is 3. The van der Waals surface area contributed by atoms with Gasteiger partial charge >= 0.3 is 0 Å². The molecule has 2 fully saturated rings. The standard InChI is InChI=1S/C24H28FN3O3.C6H4Cl2/c1-26(23(29)16-18-2-6-20(25)7-3-18)22-10-11-28(17-22)24(30)19-4-8-21(9-5-19)27-12-14-31-15-13-27;7-5-3-1-2-4-6(5)8/h2-9,22H,10-17H2,1H3;1-4H. The van der Waals surface area contributed by atoms with Crippen LogP contribution in [0, 0.1) is 5.82 Å². The number of anilines is 1. The fourth-order valence-electron chi connectivity index (χ4n) is 4.61. The Balaban J connectivity index is 0.000000379. The van der Waals surface area contributed by atoms with E-state index >= 15 is 0 Å². The van der Waals surface area contributed by atoms with E-state index in [0.717, 1.165) is 44.0 Å². The zero-order valence-corrected chi connectivity index (χ0v) is 23.4. The molecular formula is C30H32Cl2FN3O3. The maximum atomic E-state index is 13.1. The second-order valence-electron chi connectivity index (χ2n) is 9.56. The summed E-state index contributed by atoms with van der Waals surface area (Å²) in [5.41, 5.74) is 2.55. The third kappa shape index (κ3) is 7.94. The molecule has 2 amide bonds. The van der Waals surface area contributed by atoms with Gasteiger partial charge in [0, 0.05) is 44.5 Å². The lowest BCUT2D eigenvalue weighted by atomic mass is 10.1. The highest BCUT2D eigenvalue weighted by molar-refractivity contribution is 6.41. The summed E-state index contributed by atoms with van der Waals surface area (Å²) in [6.07, 6.45) is 0.980. The third-order valence-electron chi connectivity index (χ3n) is 6.98. The van der Waals surface area contributed by atoms with E-state index in [1.54, 1.807) is 36.2 Å². The zero-order valence-electron chi connectivity index (χ0n) is 21.9. The molecule has 2 aliphatic heterocycles. The Hall–Kier alpha value is -3.13.